The third-order valence-corrected chi connectivity index (χ3v) is 6.30. The van der Waals surface area contributed by atoms with E-state index in [1.165, 1.54) is 0 Å². The second-order valence-electron chi connectivity index (χ2n) is 6.27. The zero-order valence-corrected chi connectivity index (χ0v) is 14.3. The Bertz CT molecular complexity index is 619. The van der Waals surface area contributed by atoms with Gasteiger partial charge in [-0.25, -0.2) is 0 Å². The summed E-state index contributed by atoms with van der Waals surface area (Å²) in [5.41, 5.74) is 0. The number of halogens is 1. The molecule has 1 atom stereocenters. The lowest BCUT2D eigenvalue weighted by Gasteiger charge is -2.40. The first-order valence-electron chi connectivity index (χ1n) is 7.88. The van der Waals surface area contributed by atoms with E-state index in [-0.39, 0.29) is 16.9 Å². The molecule has 0 bridgehead atoms. The van der Waals surface area contributed by atoms with Crippen LogP contribution in [0.15, 0.2) is 18.2 Å². The van der Waals surface area contributed by atoms with Crippen molar-refractivity contribution in [1.29, 1.82) is 0 Å². The largest absolute Gasteiger partial charge is 0.486 e. The molecule has 3 aliphatic rings. The third kappa shape index (κ3) is 3.25. The first-order valence-corrected chi connectivity index (χ1v) is 9.25. The number of carbonyl (C=O) groups is 1. The maximum Gasteiger partial charge on any atom is 0.231 e. The summed E-state index contributed by atoms with van der Waals surface area (Å²) in [7, 11) is 0. The van der Waals surface area contributed by atoms with E-state index in [1.807, 2.05) is 12.1 Å². The number of likely N-dealkylation sites (tertiary alicyclic amines) is 1. The Morgan fingerprint density at radius 1 is 1.35 bits per heavy atom. The van der Waals surface area contributed by atoms with Crippen LogP contribution in [0.2, 0.25) is 5.02 Å². The van der Waals surface area contributed by atoms with Crippen LogP contribution in [-0.2, 0) is 4.79 Å². The maximum atomic E-state index is 11.5. The Kier molecular flexibility index (Phi) is 4.07. The van der Waals surface area contributed by atoms with Gasteiger partial charge in [-0.1, -0.05) is 11.6 Å². The van der Waals surface area contributed by atoms with Crippen LogP contribution in [0.25, 0.3) is 0 Å². The van der Waals surface area contributed by atoms with Crippen LogP contribution in [-0.4, -0.2) is 53.8 Å². The Labute approximate surface area is 144 Å². The predicted octanol–water partition coefficient (Wildman–Crippen LogP) is 2.13. The molecular formula is C16H19ClN2O3S. The minimum atomic E-state index is -0.0301. The van der Waals surface area contributed by atoms with E-state index in [1.54, 1.807) is 17.8 Å². The molecule has 0 radical (unpaired) electrons. The van der Waals surface area contributed by atoms with Crippen LogP contribution in [0.3, 0.4) is 0 Å². The third-order valence-electron chi connectivity index (χ3n) is 4.60. The van der Waals surface area contributed by atoms with Crippen LogP contribution in [0.4, 0.5) is 0 Å². The highest BCUT2D eigenvalue weighted by Crippen LogP contribution is 2.38. The SMILES string of the molecule is O=C1CSC2(CCN(CC3COc4ccc(Cl)cc4O3)CC2)N1. The molecule has 3 heterocycles. The van der Waals surface area contributed by atoms with Crippen molar-refractivity contribution in [1.82, 2.24) is 10.2 Å². The molecular weight excluding hydrogens is 336 g/mol. The summed E-state index contributed by atoms with van der Waals surface area (Å²) < 4.78 is 11.8. The van der Waals surface area contributed by atoms with Crippen LogP contribution in [0.5, 0.6) is 11.5 Å². The number of thioether (sulfide) groups is 1. The molecule has 1 spiro atoms. The molecule has 1 N–H and O–H groups in total. The molecule has 2 fully saturated rings. The number of rotatable bonds is 2. The number of ether oxygens (including phenoxy) is 2. The summed E-state index contributed by atoms with van der Waals surface area (Å²) in [6, 6.07) is 5.46. The Balaban J connectivity index is 1.33. The fraction of sp³-hybridized carbons (Fsp3) is 0.562. The molecule has 124 valence electrons. The molecule has 3 aliphatic heterocycles. The summed E-state index contributed by atoms with van der Waals surface area (Å²) in [5.74, 6) is 2.24. The van der Waals surface area contributed by atoms with Gasteiger partial charge in [-0.15, -0.1) is 11.8 Å². The van der Waals surface area contributed by atoms with E-state index in [0.717, 1.165) is 44.0 Å². The van der Waals surface area contributed by atoms with Gasteiger partial charge in [-0.3, -0.25) is 9.69 Å². The van der Waals surface area contributed by atoms with E-state index >= 15 is 0 Å². The van der Waals surface area contributed by atoms with Crippen molar-refractivity contribution in [2.75, 3.05) is 32.0 Å². The normalized spacial score (nSPS) is 26.3. The van der Waals surface area contributed by atoms with Gasteiger partial charge in [0.05, 0.1) is 10.6 Å². The number of nitrogens with one attached hydrogen (secondary N) is 1. The van der Waals surface area contributed by atoms with Gasteiger partial charge < -0.3 is 14.8 Å². The Hall–Kier alpha value is -1.11. The zero-order chi connectivity index (χ0) is 15.9. The second-order valence-corrected chi connectivity index (χ2v) is 8.07. The van der Waals surface area contributed by atoms with Crippen molar-refractivity contribution < 1.29 is 14.3 Å². The highest BCUT2D eigenvalue weighted by Gasteiger charge is 2.41. The maximum absolute atomic E-state index is 11.5. The number of fused-ring (bicyclic) bond motifs is 1. The van der Waals surface area contributed by atoms with E-state index in [0.29, 0.717) is 17.4 Å². The summed E-state index contributed by atoms with van der Waals surface area (Å²) in [5, 5.41) is 3.79. The van der Waals surface area contributed by atoms with Gasteiger partial charge in [0.2, 0.25) is 5.91 Å². The number of nitrogens with zero attached hydrogens (tertiary/aromatic N) is 1. The molecule has 2 saturated heterocycles. The van der Waals surface area contributed by atoms with Crippen molar-refractivity contribution in [2.24, 2.45) is 0 Å². The number of benzene rings is 1. The van der Waals surface area contributed by atoms with Gasteiger partial charge in [0.1, 0.15) is 12.7 Å². The van der Waals surface area contributed by atoms with Crippen LogP contribution in [0, 0.1) is 0 Å². The van der Waals surface area contributed by atoms with Gasteiger partial charge in [0.25, 0.3) is 0 Å². The molecule has 0 aliphatic carbocycles. The molecule has 5 nitrogen and oxygen atoms in total. The quantitative estimate of drug-likeness (QED) is 0.881. The van der Waals surface area contributed by atoms with Crippen molar-refractivity contribution in [3.05, 3.63) is 23.2 Å². The summed E-state index contributed by atoms with van der Waals surface area (Å²) in [6.45, 7) is 3.33. The standard InChI is InChI=1S/C16H19ClN2O3S/c17-11-1-2-13-14(7-11)22-12(9-21-13)8-19-5-3-16(4-6-19)18-15(20)10-23-16/h1-2,7,12H,3-6,8-10H2,(H,18,20). The van der Waals surface area contributed by atoms with E-state index in [9.17, 15) is 4.79 Å². The van der Waals surface area contributed by atoms with Crippen LogP contribution in [0.1, 0.15) is 12.8 Å². The monoisotopic (exact) mass is 354 g/mol. The van der Waals surface area contributed by atoms with E-state index in [2.05, 4.69) is 10.2 Å². The lowest BCUT2D eigenvalue weighted by molar-refractivity contribution is -0.119. The Morgan fingerprint density at radius 3 is 2.91 bits per heavy atom. The fourth-order valence-electron chi connectivity index (χ4n) is 3.36. The van der Waals surface area contributed by atoms with Gasteiger partial charge in [0.15, 0.2) is 11.5 Å². The van der Waals surface area contributed by atoms with Gasteiger partial charge >= 0.3 is 0 Å². The van der Waals surface area contributed by atoms with Gasteiger partial charge in [-0.2, -0.15) is 0 Å². The zero-order valence-electron chi connectivity index (χ0n) is 12.7. The lowest BCUT2D eigenvalue weighted by Crippen LogP contribution is -2.52. The minimum absolute atomic E-state index is 0.0147. The molecule has 7 heteroatoms. The fourth-order valence-corrected chi connectivity index (χ4v) is 4.66. The molecule has 1 amide bonds. The number of hydrogen-bond acceptors (Lipinski definition) is 5. The molecule has 1 aromatic carbocycles. The average Bonchev–Trinajstić information content (AvgIpc) is 2.90. The van der Waals surface area contributed by atoms with Crippen molar-refractivity contribution in [3.8, 4) is 11.5 Å². The van der Waals surface area contributed by atoms with Crippen molar-refractivity contribution >= 4 is 29.3 Å². The second kappa shape index (κ2) is 6.07. The first-order chi connectivity index (χ1) is 11.1. The molecule has 0 saturated carbocycles. The van der Waals surface area contributed by atoms with Gasteiger partial charge in [0, 0.05) is 30.7 Å². The molecule has 4 rings (SSSR count). The first kappa shape index (κ1) is 15.4. The molecule has 1 unspecified atom stereocenters. The number of piperidine rings is 1. The molecule has 23 heavy (non-hydrogen) atoms. The van der Waals surface area contributed by atoms with E-state index < -0.39 is 0 Å². The summed E-state index contributed by atoms with van der Waals surface area (Å²) >= 11 is 7.77. The minimum Gasteiger partial charge on any atom is -0.486 e. The summed E-state index contributed by atoms with van der Waals surface area (Å²) in [6.07, 6.45) is 1.99. The average molecular weight is 355 g/mol. The molecule has 1 aromatic rings. The number of amides is 1. The predicted molar refractivity (Wildman–Crippen MR) is 90.4 cm³/mol. The van der Waals surface area contributed by atoms with Gasteiger partial charge in [-0.05, 0) is 25.0 Å². The smallest absolute Gasteiger partial charge is 0.231 e. The number of hydrogen-bond donors (Lipinski definition) is 1. The van der Waals surface area contributed by atoms with Crippen molar-refractivity contribution in [2.45, 2.75) is 23.8 Å². The van der Waals surface area contributed by atoms with Crippen molar-refractivity contribution in [3.63, 3.8) is 0 Å². The highest BCUT2D eigenvalue weighted by molar-refractivity contribution is 8.01. The van der Waals surface area contributed by atoms with E-state index in [4.69, 9.17) is 21.1 Å². The highest BCUT2D eigenvalue weighted by atomic mass is 35.5. The van der Waals surface area contributed by atoms with Crippen LogP contribution < -0.4 is 14.8 Å². The molecule has 0 aromatic heterocycles. The van der Waals surface area contributed by atoms with Crippen LogP contribution >= 0.6 is 23.4 Å². The summed E-state index contributed by atoms with van der Waals surface area (Å²) in [4.78, 5) is 13.8. The Morgan fingerprint density at radius 2 is 2.17 bits per heavy atom. The lowest BCUT2D eigenvalue weighted by atomic mass is 10.0. The number of carbonyl (C=O) groups excluding carboxylic acids is 1. The topological polar surface area (TPSA) is 50.8 Å².